The van der Waals surface area contributed by atoms with E-state index in [1.165, 1.54) is 30.3 Å². The molecule has 1 amide bonds. The van der Waals surface area contributed by atoms with Crippen LogP contribution in [0.1, 0.15) is 28.8 Å². The van der Waals surface area contributed by atoms with E-state index in [9.17, 15) is 17.6 Å². The standard InChI is InChI=1S/C24H24FN3O3S/c1-17-7-11-19(12-8-17)27-32(30,31)20-13-9-18(10-14-20)24(29)26-23-21(25)5-4-6-22(23)28-15-2-3-16-28/h4-14,27H,2-3,15-16H2,1H3,(H,26,29). The highest BCUT2D eigenvalue weighted by atomic mass is 32.2. The Morgan fingerprint density at radius 1 is 0.938 bits per heavy atom. The van der Waals surface area contributed by atoms with Crippen LogP contribution in [0.3, 0.4) is 0 Å². The van der Waals surface area contributed by atoms with E-state index in [2.05, 4.69) is 10.0 Å². The zero-order chi connectivity index (χ0) is 22.7. The summed E-state index contributed by atoms with van der Waals surface area (Å²) in [6, 6.07) is 17.2. The van der Waals surface area contributed by atoms with Crippen LogP contribution in [0.5, 0.6) is 0 Å². The number of aryl methyl sites for hydroxylation is 1. The van der Waals surface area contributed by atoms with Gasteiger partial charge in [0.15, 0.2) is 0 Å². The zero-order valence-corrected chi connectivity index (χ0v) is 18.5. The van der Waals surface area contributed by atoms with E-state index in [1.807, 2.05) is 24.0 Å². The Balaban J connectivity index is 1.51. The molecule has 6 nitrogen and oxygen atoms in total. The van der Waals surface area contributed by atoms with Crippen LogP contribution < -0.4 is 14.9 Å². The number of halogens is 1. The first-order valence-electron chi connectivity index (χ1n) is 10.4. The first kappa shape index (κ1) is 21.8. The van der Waals surface area contributed by atoms with E-state index in [-0.39, 0.29) is 16.1 Å². The lowest BCUT2D eigenvalue weighted by molar-refractivity contribution is 0.102. The van der Waals surface area contributed by atoms with Crippen LogP contribution in [0.2, 0.25) is 0 Å². The molecule has 8 heteroatoms. The predicted octanol–water partition coefficient (Wildman–Crippen LogP) is 4.79. The molecule has 1 heterocycles. The van der Waals surface area contributed by atoms with Crippen molar-refractivity contribution in [3.63, 3.8) is 0 Å². The highest BCUT2D eigenvalue weighted by molar-refractivity contribution is 7.92. The smallest absolute Gasteiger partial charge is 0.261 e. The maximum atomic E-state index is 14.5. The fourth-order valence-corrected chi connectivity index (χ4v) is 4.72. The zero-order valence-electron chi connectivity index (χ0n) is 17.6. The van der Waals surface area contributed by atoms with Crippen molar-refractivity contribution in [3.8, 4) is 0 Å². The van der Waals surface area contributed by atoms with Crippen molar-refractivity contribution < 1.29 is 17.6 Å². The Morgan fingerprint density at radius 2 is 1.59 bits per heavy atom. The average Bonchev–Trinajstić information content (AvgIpc) is 3.31. The molecule has 166 valence electrons. The van der Waals surface area contributed by atoms with Crippen molar-refractivity contribution in [1.29, 1.82) is 0 Å². The van der Waals surface area contributed by atoms with E-state index in [0.29, 0.717) is 11.4 Å². The van der Waals surface area contributed by atoms with Gasteiger partial charge in [0.2, 0.25) is 0 Å². The summed E-state index contributed by atoms with van der Waals surface area (Å²) in [5.41, 5.74) is 2.49. The Hall–Kier alpha value is -3.39. The van der Waals surface area contributed by atoms with Crippen LogP contribution in [-0.4, -0.2) is 27.4 Å². The van der Waals surface area contributed by atoms with Gasteiger partial charge in [-0.3, -0.25) is 9.52 Å². The Kier molecular flexibility index (Phi) is 6.14. The fraction of sp³-hybridized carbons (Fsp3) is 0.208. The van der Waals surface area contributed by atoms with Crippen LogP contribution in [0.4, 0.5) is 21.5 Å². The van der Waals surface area contributed by atoms with Gasteiger partial charge in [-0.25, -0.2) is 12.8 Å². The topological polar surface area (TPSA) is 78.5 Å². The molecule has 1 saturated heterocycles. The number of rotatable bonds is 6. The third-order valence-electron chi connectivity index (χ3n) is 5.41. The molecule has 1 aliphatic heterocycles. The molecule has 0 unspecified atom stereocenters. The minimum atomic E-state index is -3.80. The van der Waals surface area contributed by atoms with Crippen molar-refractivity contribution >= 4 is 33.0 Å². The first-order valence-corrected chi connectivity index (χ1v) is 11.9. The lowest BCUT2D eigenvalue weighted by atomic mass is 10.2. The second kappa shape index (κ2) is 9.00. The number of nitrogens with zero attached hydrogens (tertiary/aromatic N) is 1. The fourth-order valence-electron chi connectivity index (χ4n) is 3.66. The predicted molar refractivity (Wildman–Crippen MR) is 124 cm³/mol. The number of hydrogen-bond donors (Lipinski definition) is 2. The number of para-hydroxylation sites is 1. The minimum absolute atomic E-state index is 0.0262. The van der Waals surface area contributed by atoms with E-state index in [1.54, 1.807) is 24.3 Å². The molecular formula is C24H24FN3O3S. The summed E-state index contributed by atoms with van der Waals surface area (Å²) >= 11 is 0. The van der Waals surface area contributed by atoms with Crippen LogP contribution in [0.15, 0.2) is 71.6 Å². The van der Waals surface area contributed by atoms with Gasteiger partial charge >= 0.3 is 0 Å². The summed E-state index contributed by atoms with van der Waals surface area (Å²) in [5, 5.41) is 2.65. The lowest BCUT2D eigenvalue weighted by Gasteiger charge is -2.22. The molecule has 0 radical (unpaired) electrons. The molecule has 0 bridgehead atoms. The molecule has 3 aromatic rings. The van der Waals surface area contributed by atoms with Gasteiger partial charge in [0.05, 0.1) is 10.6 Å². The van der Waals surface area contributed by atoms with Crippen molar-refractivity contribution in [3.05, 3.63) is 83.7 Å². The molecule has 0 aromatic heterocycles. The second-order valence-electron chi connectivity index (χ2n) is 7.78. The maximum Gasteiger partial charge on any atom is 0.261 e. The second-order valence-corrected chi connectivity index (χ2v) is 9.46. The van der Waals surface area contributed by atoms with E-state index in [0.717, 1.165) is 31.5 Å². The summed E-state index contributed by atoms with van der Waals surface area (Å²) in [6.45, 7) is 3.54. The molecule has 1 aliphatic rings. The Labute approximate surface area is 187 Å². The van der Waals surface area contributed by atoms with Gasteiger partial charge in [-0.1, -0.05) is 23.8 Å². The number of sulfonamides is 1. The molecule has 0 spiro atoms. The quantitative estimate of drug-likeness (QED) is 0.563. The highest BCUT2D eigenvalue weighted by Crippen LogP contribution is 2.31. The summed E-state index contributed by atoms with van der Waals surface area (Å²) in [4.78, 5) is 14.8. The number of anilines is 3. The van der Waals surface area contributed by atoms with Crippen LogP contribution >= 0.6 is 0 Å². The molecule has 3 aromatic carbocycles. The third-order valence-corrected chi connectivity index (χ3v) is 6.80. The largest absolute Gasteiger partial charge is 0.370 e. The Morgan fingerprint density at radius 3 is 2.25 bits per heavy atom. The monoisotopic (exact) mass is 453 g/mol. The minimum Gasteiger partial charge on any atom is -0.370 e. The number of carbonyl (C=O) groups excluding carboxylic acids is 1. The van der Waals surface area contributed by atoms with Gasteiger partial charge in [0.25, 0.3) is 15.9 Å². The molecular weight excluding hydrogens is 429 g/mol. The van der Waals surface area contributed by atoms with E-state index < -0.39 is 21.7 Å². The van der Waals surface area contributed by atoms with Gasteiger partial charge in [-0.15, -0.1) is 0 Å². The van der Waals surface area contributed by atoms with Crippen molar-refractivity contribution in [2.75, 3.05) is 28.0 Å². The summed E-state index contributed by atoms with van der Waals surface area (Å²) in [7, 11) is -3.80. The first-order chi connectivity index (χ1) is 15.3. The summed E-state index contributed by atoms with van der Waals surface area (Å²) in [5.74, 6) is -1.02. The Bertz CT molecular complexity index is 1220. The van der Waals surface area contributed by atoms with Gasteiger partial charge in [-0.05, 0) is 68.3 Å². The number of carbonyl (C=O) groups is 1. The van der Waals surface area contributed by atoms with Crippen LogP contribution in [-0.2, 0) is 10.0 Å². The third kappa shape index (κ3) is 4.75. The molecule has 2 N–H and O–H groups in total. The van der Waals surface area contributed by atoms with E-state index >= 15 is 0 Å². The van der Waals surface area contributed by atoms with Crippen molar-refractivity contribution in [1.82, 2.24) is 0 Å². The highest BCUT2D eigenvalue weighted by Gasteiger charge is 2.21. The number of hydrogen-bond acceptors (Lipinski definition) is 4. The molecule has 1 fully saturated rings. The van der Waals surface area contributed by atoms with Crippen LogP contribution in [0, 0.1) is 12.7 Å². The van der Waals surface area contributed by atoms with Gasteiger partial charge in [0, 0.05) is 24.3 Å². The average molecular weight is 454 g/mol. The number of amides is 1. The normalized spacial score (nSPS) is 13.8. The molecule has 32 heavy (non-hydrogen) atoms. The molecule has 0 atom stereocenters. The maximum absolute atomic E-state index is 14.5. The van der Waals surface area contributed by atoms with E-state index in [4.69, 9.17) is 0 Å². The molecule has 0 aliphatic carbocycles. The molecule has 4 rings (SSSR count). The SMILES string of the molecule is Cc1ccc(NS(=O)(=O)c2ccc(C(=O)Nc3c(F)cccc3N3CCCC3)cc2)cc1. The van der Waals surface area contributed by atoms with Gasteiger partial charge in [-0.2, -0.15) is 0 Å². The summed E-state index contributed by atoms with van der Waals surface area (Å²) in [6.07, 6.45) is 2.05. The van der Waals surface area contributed by atoms with Crippen molar-refractivity contribution in [2.24, 2.45) is 0 Å². The van der Waals surface area contributed by atoms with Gasteiger partial charge < -0.3 is 10.2 Å². The van der Waals surface area contributed by atoms with Crippen molar-refractivity contribution in [2.45, 2.75) is 24.7 Å². The molecule has 0 saturated carbocycles. The van der Waals surface area contributed by atoms with Crippen LogP contribution in [0.25, 0.3) is 0 Å². The number of benzene rings is 3. The summed E-state index contributed by atoms with van der Waals surface area (Å²) < 4.78 is 42.3. The van der Waals surface area contributed by atoms with Gasteiger partial charge in [0.1, 0.15) is 11.5 Å². The number of nitrogens with one attached hydrogen (secondary N) is 2. The lowest BCUT2D eigenvalue weighted by Crippen LogP contribution is -2.22.